The molecule has 0 bridgehead atoms. The maximum Gasteiger partial charge on any atom is 0.416 e. The number of imidazole rings is 1. The fraction of sp³-hybridized carbons (Fsp3) is 0.167. The van der Waals surface area contributed by atoms with Crippen molar-refractivity contribution < 1.29 is 17.9 Å². The van der Waals surface area contributed by atoms with Gasteiger partial charge in [0.15, 0.2) is 0 Å². The van der Waals surface area contributed by atoms with E-state index in [-0.39, 0.29) is 19.0 Å². The van der Waals surface area contributed by atoms with Crippen LogP contribution in [0.15, 0.2) is 61.2 Å². The van der Waals surface area contributed by atoms with E-state index in [0.717, 1.165) is 17.7 Å². The number of nitrogens with zero attached hydrogens (tertiary/aromatic N) is 2. The molecular formula is C18H15Cl2F3N2O. The monoisotopic (exact) mass is 402 g/mol. The van der Waals surface area contributed by atoms with Crippen molar-refractivity contribution in [1.82, 2.24) is 9.55 Å². The van der Waals surface area contributed by atoms with Gasteiger partial charge in [-0.05, 0) is 29.8 Å². The quantitative estimate of drug-likeness (QED) is 0.554. The van der Waals surface area contributed by atoms with Crippen molar-refractivity contribution in [3.05, 3.63) is 82.9 Å². The van der Waals surface area contributed by atoms with Crippen molar-refractivity contribution >= 4 is 24.0 Å². The van der Waals surface area contributed by atoms with Gasteiger partial charge in [0.25, 0.3) is 0 Å². The summed E-state index contributed by atoms with van der Waals surface area (Å²) in [5.41, 5.74) is 0.857. The molecule has 0 saturated carbocycles. The van der Waals surface area contributed by atoms with Crippen LogP contribution in [0.5, 0.6) is 5.75 Å². The molecule has 0 fully saturated rings. The second-order valence-electron chi connectivity index (χ2n) is 5.47. The molecule has 0 unspecified atom stereocenters. The summed E-state index contributed by atoms with van der Waals surface area (Å²) in [4.78, 5) is 3.99. The Kier molecular flexibility index (Phi) is 6.56. The number of halogens is 5. The van der Waals surface area contributed by atoms with E-state index in [0.29, 0.717) is 22.9 Å². The lowest BCUT2D eigenvalue weighted by Gasteiger charge is -2.13. The van der Waals surface area contributed by atoms with E-state index < -0.39 is 11.7 Å². The van der Waals surface area contributed by atoms with Gasteiger partial charge in [0.05, 0.1) is 18.4 Å². The second-order valence-corrected chi connectivity index (χ2v) is 5.91. The predicted octanol–water partition coefficient (Wildman–Crippen LogP) is 5.60. The molecule has 0 atom stereocenters. The standard InChI is InChI=1S/C18H14ClF3N2O.ClH/c19-16-6-3-14(10-24-8-7-23-12-24)17(9-16)25-11-13-1-4-15(5-2-13)18(20,21)22;/h1-9,12H,10-11H2;1H. The zero-order valence-electron chi connectivity index (χ0n) is 13.4. The van der Waals surface area contributed by atoms with Crippen molar-refractivity contribution in [3.8, 4) is 5.75 Å². The van der Waals surface area contributed by atoms with Gasteiger partial charge in [-0.15, -0.1) is 12.4 Å². The molecular weight excluding hydrogens is 388 g/mol. The Morgan fingerprint density at radius 3 is 2.42 bits per heavy atom. The summed E-state index contributed by atoms with van der Waals surface area (Å²) in [5, 5.41) is 0.525. The van der Waals surface area contributed by atoms with E-state index in [4.69, 9.17) is 16.3 Å². The van der Waals surface area contributed by atoms with Crippen LogP contribution in [-0.4, -0.2) is 9.55 Å². The highest BCUT2D eigenvalue weighted by atomic mass is 35.5. The molecule has 0 aliphatic heterocycles. The smallest absolute Gasteiger partial charge is 0.416 e. The Morgan fingerprint density at radius 2 is 1.81 bits per heavy atom. The van der Waals surface area contributed by atoms with E-state index in [9.17, 15) is 13.2 Å². The molecule has 0 N–H and O–H groups in total. The Bertz CT molecular complexity index is 835. The summed E-state index contributed by atoms with van der Waals surface area (Å²) in [6.07, 6.45) is 0.853. The molecule has 0 aliphatic rings. The van der Waals surface area contributed by atoms with Crippen LogP contribution >= 0.6 is 24.0 Å². The summed E-state index contributed by atoms with van der Waals surface area (Å²) in [5.74, 6) is 0.584. The maximum atomic E-state index is 12.6. The minimum Gasteiger partial charge on any atom is -0.488 e. The summed E-state index contributed by atoms with van der Waals surface area (Å²) in [6, 6.07) is 10.2. The number of benzene rings is 2. The third-order valence-corrected chi connectivity index (χ3v) is 3.85. The van der Waals surface area contributed by atoms with Crippen LogP contribution in [0.25, 0.3) is 0 Å². The zero-order valence-corrected chi connectivity index (χ0v) is 15.0. The van der Waals surface area contributed by atoms with Crippen LogP contribution < -0.4 is 4.74 Å². The van der Waals surface area contributed by atoms with E-state index in [1.165, 1.54) is 12.1 Å². The fourth-order valence-corrected chi connectivity index (χ4v) is 2.48. The predicted molar refractivity (Wildman–Crippen MR) is 95.8 cm³/mol. The highest BCUT2D eigenvalue weighted by Crippen LogP contribution is 2.30. The number of hydrogen-bond acceptors (Lipinski definition) is 2. The third kappa shape index (κ3) is 5.16. The molecule has 0 saturated heterocycles. The van der Waals surface area contributed by atoms with Crippen molar-refractivity contribution in [1.29, 1.82) is 0 Å². The van der Waals surface area contributed by atoms with E-state index >= 15 is 0 Å². The Hall–Kier alpha value is -2.18. The average Bonchev–Trinajstić information content (AvgIpc) is 3.08. The molecule has 8 heteroatoms. The van der Waals surface area contributed by atoms with Crippen LogP contribution in [0, 0.1) is 0 Å². The number of hydrogen-bond donors (Lipinski definition) is 0. The molecule has 0 amide bonds. The molecule has 2 aromatic carbocycles. The first-order valence-electron chi connectivity index (χ1n) is 7.45. The third-order valence-electron chi connectivity index (χ3n) is 3.62. The molecule has 0 spiro atoms. The molecule has 26 heavy (non-hydrogen) atoms. The van der Waals surface area contributed by atoms with E-state index in [1.807, 2.05) is 16.8 Å². The number of alkyl halides is 3. The Balaban J connectivity index is 0.00000243. The van der Waals surface area contributed by atoms with Gasteiger partial charge in [-0.25, -0.2) is 4.98 Å². The molecule has 0 aliphatic carbocycles. The van der Waals surface area contributed by atoms with Gasteiger partial charge in [0.2, 0.25) is 0 Å². The summed E-state index contributed by atoms with van der Waals surface area (Å²) < 4.78 is 45.4. The van der Waals surface area contributed by atoms with Gasteiger partial charge in [0.1, 0.15) is 12.4 Å². The van der Waals surface area contributed by atoms with Crippen LogP contribution in [0.4, 0.5) is 13.2 Å². The van der Waals surface area contributed by atoms with E-state index in [1.54, 1.807) is 24.7 Å². The van der Waals surface area contributed by atoms with Gasteiger partial charge in [0, 0.05) is 23.0 Å². The van der Waals surface area contributed by atoms with E-state index in [2.05, 4.69) is 4.98 Å². The second kappa shape index (κ2) is 8.47. The minimum atomic E-state index is -4.34. The lowest BCUT2D eigenvalue weighted by atomic mass is 10.1. The molecule has 0 radical (unpaired) electrons. The molecule has 3 aromatic rings. The molecule has 138 valence electrons. The number of ether oxygens (including phenoxy) is 1. The van der Waals surface area contributed by atoms with Crippen LogP contribution in [0.3, 0.4) is 0 Å². The van der Waals surface area contributed by atoms with Gasteiger partial charge in [-0.3, -0.25) is 0 Å². The molecule has 1 aromatic heterocycles. The lowest BCUT2D eigenvalue weighted by Crippen LogP contribution is -2.05. The van der Waals surface area contributed by atoms with Gasteiger partial charge < -0.3 is 9.30 Å². The van der Waals surface area contributed by atoms with Gasteiger partial charge in [-0.1, -0.05) is 29.8 Å². The topological polar surface area (TPSA) is 27.1 Å². The highest BCUT2D eigenvalue weighted by Gasteiger charge is 2.29. The van der Waals surface area contributed by atoms with Crippen molar-refractivity contribution in [2.75, 3.05) is 0 Å². The van der Waals surface area contributed by atoms with Crippen LogP contribution in [0.2, 0.25) is 5.02 Å². The molecule has 3 rings (SSSR count). The lowest BCUT2D eigenvalue weighted by molar-refractivity contribution is -0.137. The maximum absolute atomic E-state index is 12.6. The van der Waals surface area contributed by atoms with Crippen molar-refractivity contribution in [3.63, 3.8) is 0 Å². The first-order chi connectivity index (χ1) is 11.9. The Morgan fingerprint density at radius 1 is 1.08 bits per heavy atom. The number of aromatic nitrogens is 2. The minimum absolute atomic E-state index is 0. The van der Waals surface area contributed by atoms with Crippen molar-refractivity contribution in [2.45, 2.75) is 19.3 Å². The summed E-state index contributed by atoms with van der Waals surface area (Å²) >= 11 is 6.03. The highest BCUT2D eigenvalue weighted by molar-refractivity contribution is 6.30. The largest absolute Gasteiger partial charge is 0.488 e. The molecule has 3 nitrogen and oxygen atoms in total. The van der Waals surface area contributed by atoms with Gasteiger partial charge in [-0.2, -0.15) is 13.2 Å². The zero-order chi connectivity index (χ0) is 17.9. The molecule has 1 heterocycles. The van der Waals surface area contributed by atoms with Gasteiger partial charge >= 0.3 is 6.18 Å². The fourth-order valence-electron chi connectivity index (χ4n) is 2.32. The SMILES string of the molecule is Cl.FC(F)(F)c1ccc(COc2cc(Cl)ccc2Cn2ccnc2)cc1. The normalized spacial score (nSPS) is 11.1. The van der Waals surface area contributed by atoms with Crippen LogP contribution in [-0.2, 0) is 19.3 Å². The van der Waals surface area contributed by atoms with Crippen LogP contribution in [0.1, 0.15) is 16.7 Å². The average molecular weight is 403 g/mol. The first-order valence-corrected chi connectivity index (χ1v) is 7.83. The Labute approximate surface area is 159 Å². The number of rotatable bonds is 5. The summed E-state index contributed by atoms with van der Waals surface area (Å²) in [7, 11) is 0. The summed E-state index contributed by atoms with van der Waals surface area (Å²) in [6.45, 7) is 0.703. The first kappa shape index (κ1) is 20.1. The van der Waals surface area contributed by atoms with Crippen molar-refractivity contribution in [2.24, 2.45) is 0 Å².